The summed E-state index contributed by atoms with van der Waals surface area (Å²) >= 11 is 1.29. The van der Waals surface area contributed by atoms with Crippen LogP contribution in [0.5, 0.6) is 5.75 Å². The molecule has 3 amide bonds. The summed E-state index contributed by atoms with van der Waals surface area (Å²) in [7, 11) is 1.47. The number of carbonyl (C=O) groups excluding carboxylic acids is 3. The molecule has 2 aromatic carbocycles. The molecule has 0 radical (unpaired) electrons. The van der Waals surface area contributed by atoms with Crippen molar-refractivity contribution in [3.8, 4) is 5.75 Å². The fourth-order valence-corrected chi connectivity index (χ4v) is 3.71. The number of methoxy groups -OCH3 is 1. The van der Waals surface area contributed by atoms with Gasteiger partial charge in [-0.25, -0.2) is 4.90 Å². The summed E-state index contributed by atoms with van der Waals surface area (Å²) in [6.07, 6.45) is 0.724. The maximum atomic E-state index is 12.9. The topological polar surface area (TPSA) is 101 Å². The Hall–Kier alpha value is -3.59. The predicted molar refractivity (Wildman–Crippen MR) is 108 cm³/mol. The van der Waals surface area contributed by atoms with Gasteiger partial charge in [0.1, 0.15) is 10.8 Å². The van der Waals surface area contributed by atoms with E-state index in [1.807, 2.05) is 6.92 Å². The van der Waals surface area contributed by atoms with Crippen LogP contribution in [0.2, 0.25) is 0 Å². The second kappa shape index (κ2) is 7.44. The smallest absolute Gasteiger partial charge is 0.266 e. The number of anilines is 2. The maximum absolute atomic E-state index is 12.9. The lowest BCUT2D eigenvalue weighted by molar-refractivity contribution is 0.0924. The Labute approximate surface area is 170 Å². The standard InChI is InChI=1S/C20H16N4O4S/c1-3-16-22-23-20(29-16)21-17(25)11-8-9-12-13(10-11)19(27)24(18(12)26)14-6-4-5-7-15(14)28-2/h4-10H,3H2,1-2H3,(H,21,23,25). The van der Waals surface area contributed by atoms with Crippen molar-refractivity contribution in [3.63, 3.8) is 0 Å². The molecule has 2 heterocycles. The summed E-state index contributed by atoms with van der Waals surface area (Å²) in [5.74, 6) is -0.989. The van der Waals surface area contributed by atoms with Gasteiger partial charge in [0.2, 0.25) is 5.13 Å². The number of rotatable bonds is 5. The van der Waals surface area contributed by atoms with E-state index in [-0.39, 0.29) is 16.7 Å². The number of fused-ring (bicyclic) bond motifs is 1. The van der Waals surface area contributed by atoms with Crippen LogP contribution in [0.3, 0.4) is 0 Å². The number of ether oxygens (including phenoxy) is 1. The van der Waals surface area contributed by atoms with E-state index in [0.717, 1.165) is 16.3 Å². The lowest BCUT2D eigenvalue weighted by Gasteiger charge is -2.16. The number of nitrogens with one attached hydrogen (secondary N) is 1. The highest BCUT2D eigenvalue weighted by molar-refractivity contribution is 7.15. The molecular formula is C20H16N4O4S. The number of carbonyl (C=O) groups is 3. The first-order valence-electron chi connectivity index (χ1n) is 8.83. The fraction of sp³-hybridized carbons (Fsp3) is 0.150. The second-order valence-electron chi connectivity index (χ2n) is 6.19. The molecule has 1 N–H and O–H groups in total. The third-order valence-corrected chi connectivity index (χ3v) is 5.45. The van der Waals surface area contributed by atoms with E-state index in [1.165, 1.54) is 36.6 Å². The first-order valence-corrected chi connectivity index (χ1v) is 9.64. The molecule has 8 nitrogen and oxygen atoms in total. The van der Waals surface area contributed by atoms with E-state index < -0.39 is 17.7 Å². The van der Waals surface area contributed by atoms with Gasteiger partial charge in [0, 0.05) is 5.56 Å². The Balaban J connectivity index is 1.64. The molecule has 29 heavy (non-hydrogen) atoms. The van der Waals surface area contributed by atoms with E-state index in [2.05, 4.69) is 15.5 Å². The molecule has 0 aliphatic carbocycles. The second-order valence-corrected chi connectivity index (χ2v) is 7.25. The number of hydrogen-bond donors (Lipinski definition) is 1. The molecule has 0 saturated heterocycles. The van der Waals surface area contributed by atoms with Crippen LogP contribution in [0, 0.1) is 0 Å². The number of hydrogen-bond acceptors (Lipinski definition) is 7. The molecule has 0 unspecified atom stereocenters. The third-order valence-electron chi connectivity index (χ3n) is 4.46. The molecule has 0 saturated carbocycles. The number of aromatic nitrogens is 2. The van der Waals surface area contributed by atoms with Crippen LogP contribution in [0.4, 0.5) is 10.8 Å². The minimum absolute atomic E-state index is 0.167. The third kappa shape index (κ3) is 3.25. The van der Waals surface area contributed by atoms with Crippen molar-refractivity contribution >= 4 is 39.9 Å². The van der Waals surface area contributed by atoms with Crippen molar-refractivity contribution in [1.29, 1.82) is 0 Å². The average molecular weight is 408 g/mol. The molecule has 1 aliphatic heterocycles. The number of para-hydroxylation sites is 2. The highest BCUT2D eigenvalue weighted by atomic mass is 32.1. The molecule has 4 rings (SSSR count). The Morgan fingerprint density at radius 2 is 1.86 bits per heavy atom. The summed E-state index contributed by atoms with van der Waals surface area (Å²) in [5.41, 5.74) is 1.01. The molecule has 1 aliphatic rings. The zero-order valence-electron chi connectivity index (χ0n) is 15.6. The Kier molecular flexibility index (Phi) is 4.81. The molecule has 0 fully saturated rings. The van der Waals surface area contributed by atoms with E-state index in [0.29, 0.717) is 16.6 Å². The number of nitrogens with zero attached hydrogens (tertiary/aromatic N) is 3. The summed E-state index contributed by atoms with van der Waals surface area (Å²) < 4.78 is 5.27. The molecule has 3 aromatic rings. The number of amides is 3. The summed E-state index contributed by atoms with van der Waals surface area (Å²) in [4.78, 5) is 39.4. The zero-order chi connectivity index (χ0) is 20.5. The van der Waals surface area contributed by atoms with Crippen LogP contribution >= 0.6 is 11.3 Å². The van der Waals surface area contributed by atoms with Crippen molar-refractivity contribution in [2.75, 3.05) is 17.3 Å². The van der Waals surface area contributed by atoms with Crippen molar-refractivity contribution in [1.82, 2.24) is 10.2 Å². The van der Waals surface area contributed by atoms with E-state index in [1.54, 1.807) is 24.3 Å². The van der Waals surface area contributed by atoms with Crippen LogP contribution in [0.15, 0.2) is 42.5 Å². The van der Waals surface area contributed by atoms with Crippen molar-refractivity contribution in [2.24, 2.45) is 0 Å². The van der Waals surface area contributed by atoms with E-state index >= 15 is 0 Å². The first kappa shape index (κ1) is 18.8. The summed E-state index contributed by atoms with van der Waals surface area (Å²) in [5, 5.41) is 11.7. The first-order chi connectivity index (χ1) is 14.0. The minimum Gasteiger partial charge on any atom is -0.495 e. The molecule has 0 atom stereocenters. The number of benzene rings is 2. The van der Waals surface area contributed by atoms with Gasteiger partial charge in [-0.05, 0) is 36.8 Å². The van der Waals surface area contributed by atoms with Gasteiger partial charge in [0.05, 0.1) is 23.9 Å². The average Bonchev–Trinajstić information content (AvgIpc) is 3.30. The van der Waals surface area contributed by atoms with Gasteiger partial charge >= 0.3 is 0 Å². The Bertz CT molecular complexity index is 1140. The van der Waals surface area contributed by atoms with E-state index in [9.17, 15) is 14.4 Å². The molecule has 0 bridgehead atoms. The molecule has 0 spiro atoms. The predicted octanol–water partition coefficient (Wildman–Crippen LogP) is 3.16. The van der Waals surface area contributed by atoms with Crippen LogP contribution in [0.1, 0.15) is 43.0 Å². The zero-order valence-corrected chi connectivity index (χ0v) is 16.4. The van der Waals surface area contributed by atoms with Gasteiger partial charge in [0.15, 0.2) is 0 Å². The number of aryl methyl sites for hydroxylation is 1. The highest BCUT2D eigenvalue weighted by Gasteiger charge is 2.38. The van der Waals surface area contributed by atoms with Crippen LogP contribution in [-0.2, 0) is 6.42 Å². The SMILES string of the molecule is CCc1nnc(NC(=O)c2ccc3c(c2)C(=O)N(c2ccccc2OC)C3=O)s1. The van der Waals surface area contributed by atoms with Crippen molar-refractivity contribution in [2.45, 2.75) is 13.3 Å². The lowest BCUT2D eigenvalue weighted by Crippen LogP contribution is -2.29. The van der Waals surface area contributed by atoms with Crippen molar-refractivity contribution < 1.29 is 19.1 Å². The normalized spacial score (nSPS) is 12.8. The van der Waals surface area contributed by atoms with Gasteiger partial charge in [-0.2, -0.15) is 0 Å². The molecule has 1 aromatic heterocycles. The van der Waals surface area contributed by atoms with Gasteiger partial charge in [-0.15, -0.1) is 10.2 Å². The van der Waals surface area contributed by atoms with Crippen LogP contribution < -0.4 is 15.0 Å². The number of imide groups is 1. The van der Waals surface area contributed by atoms with Gasteiger partial charge in [-0.3, -0.25) is 19.7 Å². The summed E-state index contributed by atoms with van der Waals surface area (Å²) in [6, 6.07) is 11.2. The maximum Gasteiger partial charge on any atom is 0.266 e. The summed E-state index contributed by atoms with van der Waals surface area (Å²) in [6.45, 7) is 1.95. The van der Waals surface area contributed by atoms with Gasteiger partial charge in [0.25, 0.3) is 17.7 Å². The van der Waals surface area contributed by atoms with Gasteiger partial charge in [-0.1, -0.05) is 30.4 Å². The molecular weight excluding hydrogens is 392 g/mol. The molecule has 146 valence electrons. The minimum atomic E-state index is -0.506. The monoisotopic (exact) mass is 408 g/mol. The highest BCUT2D eigenvalue weighted by Crippen LogP contribution is 2.35. The van der Waals surface area contributed by atoms with Crippen LogP contribution in [-0.4, -0.2) is 35.0 Å². The van der Waals surface area contributed by atoms with Crippen LogP contribution in [0.25, 0.3) is 0 Å². The fourth-order valence-electron chi connectivity index (χ4n) is 3.03. The van der Waals surface area contributed by atoms with Crippen molar-refractivity contribution in [3.05, 3.63) is 64.2 Å². The Morgan fingerprint density at radius 1 is 1.10 bits per heavy atom. The quantitative estimate of drug-likeness (QED) is 0.651. The molecule has 9 heteroatoms. The lowest BCUT2D eigenvalue weighted by atomic mass is 10.1. The largest absolute Gasteiger partial charge is 0.495 e. The van der Waals surface area contributed by atoms with Gasteiger partial charge < -0.3 is 4.74 Å². The van der Waals surface area contributed by atoms with E-state index in [4.69, 9.17) is 4.74 Å². The Morgan fingerprint density at radius 3 is 2.59 bits per heavy atom.